The number of carbonyl (C=O) groups is 1. The molecule has 0 unspecified atom stereocenters. The highest BCUT2D eigenvalue weighted by molar-refractivity contribution is 5.84. The lowest BCUT2D eigenvalue weighted by atomic mass is 9.95. The molecule has 1 N–H and O–H groups in total. The highest BCUT2D eigenvalue weighted by atomic mass is 19.4. The third-order valence-corrected chi connectivity index (χ3v) is 3.60. The van der Waals surface area contributed by atoms with Crippen LogP contribution in [-0.2, 0) is 11.8 Å². The van der Waals surface area contributed by atoms with E-state index in [1.165, 1.54) is 17.9 Å². The molecule has 0 radical (unpaired) electrons. The highest BCUT2D eigenvalue weighted by Gasteiger charge is 2.43. The number of nitrogens with one attached hydrogen (secondary N) is 1. The third-order valence-electron chi connectivity index (χ3n) is 3.60. The molecule has 0 aliphatic heterocycles. The molecule has 1 heterocycles. The van der Waals surface area contributed by atoms with Gasteiger partial charge in [0.15, 0.2) is 6.04 Å². The number of amides is 1. The molecule has 124 valence electrons. The number of aryl methyl sites for hydroxylation is 1. The number of nitrogens with zero attached hydrogens (tertiary/aromatic N) is 2. The largest absolute Gasteiger partial charge is 0.412 e. The van der Waals surface area contributed by atoms with E-state index in [2.05, 4.69) is 10.4 Å². The van der Waals surface area contributed by atoms with Crippen LogP contribution in [0, 0.1) is 0 Å². The average Bonchev–Trinajstić information content (AvgIpc) is 2.91. The van der Waals surface area contributed by atoms with Crippen LogP contribution in [0.1, 0.15) is 36.4 Å². The lowest BCUT2D eigenvalue weighted by molar-refractivity contribution is -0.164. The molecule has 0 saturated carbocycles. The Bertz CT molecular complexity index is 652. The Morgan fingerprint density at radius 1 is 1.26 bits per heavy atom. The fraction of sp³-hybridized carbons (Fsp3) is 0.375. The topological polar surface area (TPSA) is 46.9 Å². The van der Waals surface area contributed by atoms with E-state index in [1.54, 1.807) is 37.3 Å². The normalized spacial score (nSPS) is 14.3. The Morgan fingerprint density at radius 3 is 2.39 bits per heavy atom. The second kappa shape index (κ2) is 6.85. The van der Waals surface area contributed by atoms with Gasteiger partial charge in [0.1, 0.15) is 0 Å². The number of hydrogen-bond acceptors (Lipinski definition) is 2. The zero-order chi connectivity index (χ0) is 17.0. The summed E-state index contributed by atoms with van der Waals surface area (Å²) in [6, 6.07) is 6.71. The van der Waals surface area contributed by atoms with Crippen LogP contribution >= 0.6 is 0 Å². The maximum Gasteiger partial charge on any atom is 0.412 e. The Labute approximate surface area is 132 Å². The summed E-state index contributed by atoms with van der Waals surface area (Å²) in [5.41, 5.74) is 0.607. The zero-order valence-corrected chi connectivity index (χ0v) is 12.8. The van der Waals surface area contributed by atoms with E-state index in [0.29, 0.717) is 12.0 Å². The summed E-state index contributed by atoms with van der Waals surface area (Å²) in [5, 5.41) is 5.87. The molecule has 2 aromatic rings. The van der Waals surface area contributed by atoms with E-state index in [-0.39, 0.29) is 5.56 Å². The fourth-order valence-corrected chi connectivity index (χ4v) is 2.44. The molecule has 0 spiro atoms. The number of alkyl halides is 3. The smallest absolute Gasteiger partial charge is 0.340 e. The summed E-state index contributed by atoms with van der Waals surface area (Å²) < 4.78 is 41.2. The van der Waals surface area contributed by atoms with Crippen molar-refractivity contribution in [3.63, 3.8) is 0 Å². The van der Waals surface area contributed by atoms with Gasteiger partial charge < -0.3 is 5.32 Å². The molecule has 7 heteroatoms. The van der Waals surface area contributed by atoms with Gasteiger partial charge in [-0.2, -0.15) is 18.3 Å². The van der Waals surface area contributed by atoms with E-state index in [1.807, 2.05) is 0 Å². The molecule has 2 rings (SSSR count). The first-order valence-corrected chi connectivity index (χ1v) is 7.23. The number of aromatic nitrogens is 2. The van der Waals surface area contributed by atoms with Crippen molar-refractivity contribution in [2.24, 2.45) is 7.05 Å². The summed E-state index contributed by atoms with van der Waals surface area (Å²) >= 11 is 0. The van der Waals surface area contributed by atoms with Gasteiger partial charge in [0.25, 0.3) is 0 Å². The van der Waals surface area contributed by atoms with E-state index >= 15 is 0 Å². The molecule has 0 aliphatic carbocycles. The summed E-state index contributed by atoms with van der Waals surface area (Å²) in [6.07, 6.45) is -1.81. The summed E-state index contributed by atoms with van der Waals surface area (Å²) in [5.74, 6) is -1.28. The molecule has 2 atom stereocenters. The van der Waals surface area contributed by atoms with Gasteiger partial charge in [-0.1, -0.05) is 37.3 Å². The van der Waals surface area contributed by atoms with Gasteiger partial charge in [-0.05, 0) is 12.0 Å². The molecule has 0 saturated heterocycles. The van der Waals surface area contributed by atoms with Crippen LogP contribution in [0.3, 0.4) is 0 Å². The predicted octanol–water partition coefficient (Wildman–Crippen LogP) is 3.33. The number of benzene rings is 1. The third kappa shape index (κ3) is 4.12. The first-order chi connectivity index (χ1) is 10.8. The Balaban J connectivity index is 2.23. The van der Waals surface area contributed by atoms with Crippen LogP contribution < -0.4 is 5.32 Å². The number of halogens is 3. The second-order valence-corrected chi connectivity index (χ2v) is 5.30. The SMILES string of the molecule is CC[C@H](C(=O)N[C@H](c1cnn(C)c1)C(F)(F)F)c1ccccc1. The van der Waals surface area contributed by atoms with Gasteiger partial charge in [-0.15, -0.1) is 0 Å². The van der Waals surface area contributed by atoms with Crippen molar-refractivity contribution >= 4 is 5.91 Å². The van der Waals surface area contributed by atoms with E-state index in [4.69, 9.17) is 0 Å². The number of rotatable bonds is 5. The maximum absolute atomic E-state index is 13.3. The van der Waals surface area contributed by atoms with Gasteiger partial charge in [0.05, 0.1) is 12.1 Å². The molecule has 4 nitrogen and oxygen atoms in total. The van der Waals surface area contributed by atoms with Crippen molar-refractivity contribution in [1.82, 2.24) is 15.1 Å². The van der Waals surface area contributed by atoms with Crippen LogP contribution in [-0.4, -0.2) is 21.9 Å². The molecule has 0 bridgehead atoms. The van der Waals surface area contributed by atoms with Crippen LogP contribution in [0.2, 0.25) is 0 Å². The zero-order valence-electron chi connectivity index (χ0n) is 12.8. The monoisotopic (exact) mass is 325 g/mol. The summed E-state index contributed by atoms with van der Waals surface area (Å²) in [7, 11) is 1.53. The van der Waals surface area contributed by atoms with Crippen LogP contribution in [0.25, 0.3) is 0 Å². The molecule has 23 heavy (non-hydrogen) atoms. The first-order valence-electron chi connectivity index (χ1n) is 7.23. The minimum atomic E-state index is -4.59. The van der Waals surface area contributed by atoms with Crippen molar-refractivity contribution in [3.05, 3.63) is 53.9 Å². The van der Waals surface area contributed by atoms with Gasteiger partial charge in [0, 0.05) is 18.8 Å². The summed E-state index contributed by atoms with van der Waals surface area (Å²) in [4.78, 5) is 12.4. The molecule has 0 aliphatic rings. The molecule has 0 fully saturated rings. The van der Waals surface area contributed by atoms with Crippen LogP contribution in [0.5, 0.6) is 0 Å². The average molecular weight is 325 g/mol. The second-order valence-electron chi connectivity index (χ2n) is 5.30. The molecular weight excluding hydrogens is 307 g/mol. The lowest BCUT2D eigenvalue weighted by Gasteiger charge is -2.23. The van der Waals surface area contributed by atoms with Crippen LogP contribution in [0.4, 0.5) is 13.2 Å². The maximum atomic E-state index is 13.3. The van der Waals surface area contributed by atoms with Gasteiger partial charge >= 0.3 is 6.18 Å². The fourth-order valence-electron chi connectivity index (χ4n) is 2.44. The molecular formula is C16H18F3N3O. The van der Waals surface area contributed by atoms with Crippen molar-refractivity contribution in [3.8, 4) is 0 Å². The van der Waals surface area contributed by atoms with Gasteiger partial charge in [0.2, 0.25) is 5.91 Å². The van der Waals surface area contributed by atoms with Crippen molar-refractivity contribution < 1.29 is 18.0 Å². The van der Waals surface area contributed by atoms with Gasteiger partial charge in [-0.25, -0.2) is 0 Å². The summed E-state index contributed by atoms with van der Waals surface area (Å²) in [6.45, 7) is 1.77. The predicted molar refractivity (Wildman–Crippen MR) is 79.6 cm³/mol. The minimum Gasteiger partial charge on any atom is -0.340 e. The molecule has 1 amide bonds. The molecule has 1 aromatic carbocycles. The Kier molecular flexibility index (Phi) is 5.08. The van der Waals surface area contributed by atoms with E-state index in [0.717, 1.165) is 6.20 Å². The van der Waals surface area contributed by atoms with Crippen molar-refractivity contribution in [1.29, 1.82) is 0 Å². The van der Waals surface area contributed by atoms with Crippen molar-refractivity contribution in [2.75, 3.05) is 0 Å². The lowest BCUT2D eigenvalue weighted by Crippen LogP contribution is -2.40. The number of carbonyl (C=O) groups excluding carboxylic acids is 1. The van der Waals surface area contributed by atoms with E-state index in [9.17, 15) is 18.0 Å². The van der Waals surface area contributed by atoms with E-state index < -0.39 is 24.0 Å². The Hall–Kier alpha value is -2.31. The van der Waals surface area contributed by atoms with Crippen molar-refractivity contribution in [2.45, 2.75) is 31.5 Å². The van der Waals surface area contributed by atoms with Crippen LogP contribution in [0.15, 0.2) is 42.7 Å². The minimum absolute atomic E-state index is 0.0868. The molecule has 1 aromatic heterocycles. The Morgan fingerprint density at radius 2 is 1.91 bits per heavy atom. The number of hydrogen-bond donors (Lipinski definition) is 1. The quantitative estimate of drug-likeness (QED) is 0.916. The standard InChI is InChI=1S/C16H18F3N3O/c1-3-13(11-7-5-4-6-8-11)15(23)21-14(16(17,18)19)12-9-20-22(2)10-12/h4-10,13-14H,3H2,1-2H3,(H,21,23)/t13-,14+/m0/s1. The first kappa shape index (κ1) is 17.1. The van der Waals surface area contributed by atoms with Gasteiger partial charge in [-0.3, -0.25) is 9.48 Å². The highest BCUT2D eigenvalue weighted by Crippen LogP contribution is 2.33.